The first-order chi connectivity index (χ1) is 8.63. The molecule has 18 heavy (non-hydrogen) atoms. The van der Waals surface area contributed by atoms with Gasteiger partial charge in [0.1, 0.15) is 16.3 Å². The van der Waals surface area contributed by atoms with Crippen LogP contribution < -0.4 is 5.73 Å². The lowest BCUT2D eigenvalue weighted by atomic mass is 10.3. The maximum absolute atomic E-state index is 5.97. The Hall–Kier alpha value is -2.01. The van der Waals surface area contributed by atoms with Gasteiger partial charge in [-0.1, -0.05) is 6.07 Å². The van der Waals surface area contributed by atoms with Crippen LogP contribution in [0.15, 0.2) is 24.3 Å². The Morgan fingerprint density at radius 1 is 1.11 bits per heavy atom. The zero-order chi connectivity index (χ0) is 12.7. The number of nitrogens with zero attached hydrogens (tertiary/aromatic N) is 3. The summed E-state index contributed by atoms with van der Waals surface area (Å²) in [6, 6.07) is 7.80. The van der Waals surface area contributed by atoms with E-state index >= 15 is 0 Å². The first kappa shape index (κ1) is 11.1. The molecule has 0 aliphatic rings. The highest BCUT2D eigenvalue weighted by Gasteiger charge is 2.10. The predicted molar refractivity (Wildman–Crippen MR) is 74.5 cm³/mol. The molecule has 3 rings (SSSR count). The van der Waals surface area contributed by atoms with Gasteiger partial charge >= 0.3 is 0 Å². The van der Waals surface area contributed by atoms with Crippen molar-refractivity contribution in [2.75, 3.05) is 5.73 Å². The van der Waals surface area contributed by atoms with Crippen LogP contribution in [0, 0.1) is 13.8 Å². The second kappa shape index (κ2) is 4.03. The molecule has 4 nitrogen and oxygen atoms in total. The lowest BCUT2D eigenvalue weighted by Crippen LogP contribution is -1.97. The second-order valence-electron chi connectivity index (χ2n) is 4.17. The van der Waals surface area contributed by atoms with Crippen molar-refractivity contribution in [1.29, 1.82) is 0 Å². The van der Waals surface area contributed by atoms with E-state index in [4.69, 9.17) is 5.73 Å². The van der Waals surface area contributed by atoms with Crippen LogP contribution >= 0.6 is 11.3 Å². The third-order valence-electron chi connectivity index (χ3n) is 2.66. The number of aromatic nitrogens is 3. The van der Waals surface area contributed by atoms with Crippen LogP contribution in [0.5, 0.6) is 0 Å². The molecule has 0 bridgehead atoms. The molecule has 3 aromatic rings. The van der Waals surface area contributed by atoms with Gasteiger partial charge in [0.2, 0.25) is 0 Å². The molecule has 0 aliphatic carbocycles. The fourth-order valence-electron chi connectivity index (χ4n) is 1.85. The average Bonchev–Trinajstić information content (AvgIpc) is 2.70. The van der Waals surface area contributed by atoms with Gasteiger partial charge in [-0.25, -0.2) is 15.0 Å². The molecule has 0 fully saturated rings. The van der Waals surface area contributed by atoms with E-state index in [9.17, 15) is 0 Å². The highest BCUT2D eigenvalue weighted by molar-refractivity contribution is 7.18. The number of aryl methyl sites for hydroxylation is 2. The Morgan fingerprint density at radius 2 is 1.94 bits per heavy atom. The minimum absolute atomic E-state index is 0.516. The van der Waals surface area contributed by atoms with E-state index in [1.54, 1.807) is 11.3 Å². The molecule has 0 unspecified atom stereocenters. The van der Waals surface area contributed by atoms with E-state index < -0.39 is 0 Å². The van der Waals surface area contributed by atoms with Gasteiger partial charge in [0.05, 0.1) is 5.39 Å². The third-order valence-corrected chi connectivity index (χ3v) is 3.61. The first-order valence-corrected chi connectivity index (χ1v) is 6.43. The summed E-state index contributed by atoms with van der Waals surface area (Å²) in [5.41, 5.74) is 7.67. The molecule has 5 heteroatoms. The van der Waals surface area contributed by atoms with Crippen LogP contribution in [-0.2, 0) is 0 Å². The average molecular weight is 256 g/mol. The Kier molecular flexibility index (Phi) is 2.48. The molecule has 0 atom stereocenters. The van der Waals surface area contributed by atoms with Crippen molar-refractivity contribution in [3.05, 3.63) is 34.8 Å². The molecule has 0 saturated carbocycles. The van der Waals surface area contributed by atoms with E-state index in [0.717, 1.165) is 21.6 Å². The fraction of sp³-hybridized carbons (Fsp3) is 0.154. The van der Waals surface area contributed by atoms with Crippen molar-refractivity contribution < 1.29 is 0 Å². The summed E-state index contributed by atoms with van der Waals surface area (Å²) in [5.74, 6) is 1.10. The molecular weight excluding hydrogens is 244 g/mol. The van der Waals surface area contributed by atoms with Gasteiger partial charge in [-0.2, -0.15) is 0 Å². The Labute approximate surface area is 109 Å². The number of fused-ring (bicyclic) bond motifs is 1. The SMILES string of the molecule is Cc1cccc(-c2nc(N)c3cc(C)sc3n2)n1. The van der Waals surface area contributed by atoms with Crippen molar-refractivity contribution in [2.45, 2.75) is 13.8 Å². The summed E-state index contributed by atoms with van der Waals surface area (Å²) in [6.07, 6.45) is 0. The van der Waals surface area contributed by atoms with E-state index in [1.165, 1.54) is 4.88 Å². The number of rotatable bonds is 1. The van der Waals surface area contributed by atoms with Crippen molar-refractivity contribution in [3.63, 3.8) is 0 Å². The highest BCUT2D eigenvalue weighted by Crippen LogP contribution is 2.28. The normalized spacial score (nSPS) is 11.0. The monoisotopic (exact) mass is 256 g/mol. The van der Waals surface area contributed by atoms with Gasteiger partial charge in [0.25, 0.3) is 0 Å². The number of pyridine rings is 1. The minimum atomic E-state index is 0.516. The van der Waals surface area contributed by atoms with E-state index in [-0.39, 0.29) is 0 Å². The van der Waals surface area contributed by atoms with Crippen LogP contribution in [0.25, 0.3) is 21.7 Å². The zero-order valence-corrected chi connectivity index (χ0v) is 11.0. The molecule has 0 aliphatic heterocycles. The summed E-state index contributed by atoms with van der Waals surface area (Å²) in [6.45, 7) is 3.98. The lowest BCUT2D eigenvalue weighted by molar-refractivity contribution is 1.14. The summed E-state index contributed by atoms with van der Waals surface area (Å²) in [5, 5.41) is 0.925. The Balaban J connectivity index is 2.24. The van der Waals surface area contributed by atoms with Crippen LogP contribution in [-0.4, -0.2) is 15.0 Å². The highest BCUT2D eigenvalue weighted by atomic mass is 32.1. The number of nitrogens with two attached hydrogens (primary N) is 1. The van der Waals surface area contributed by atoms with Crippen LogP contribution in [0.2, 0.25) is 0 Å². The third kappa shape index (κ3) is 1.82. The second-order valence-corrected chi connectivity index (χ2v) is 5.41. The zero-order valence-electron chi connectivity index (χ0n) is 10.1. The Morgan fingerprint density at radius 3 is 2.72 bits per heavy atom. The van der Waals surface area contributed by atoms with Crippen LogP contribution in [0.3, 0.4) is 0 Å². The van der Waals surface area contributed by atoms with Gasteiger partial charge in [-0.3, -0.25) is 0 Å². The van der Waals surface area contributed by atoms with Crippen LogP contribution in [0.1, 0.15) is 10.6 Å². The quantitative estimate of drug-likeness (QED) is 0.727. The maximum Gasteiger partial charge on any atom is 0.181 e. The van der Waals surface area contributed by atoms with Gasteiger partial charge in [0.15, 0.2) is 5.82 Å². The maximum atomic E-state index is 5.97. The molecular formula is C13H12N4S. The molecule has 0 spiro atoms. The van der Waals surface area contributed by atoms with Crippen LogP contribution in [0.4, 0.5) is 5.82 Å². The predicted octanol–water partition coefficient (Wildman–Crippen LogP) is 2.95. The topological polar surface area (TPSA) is 64.7 Å². The smallest absolute Gasteiger partial charge is 0.181 e. The fourth-order valence-corrected chi connectivity index (χ4v) is 2.73. The molecule has 0 saturated heterocycles. The Bertz CT molecular complexity index is 733. The molecule has 2 N–H and O–H groups in total. The molecule has 0 aromatic carbocycles. The summed E-state index contributed by atoms with van der Waals surface area (Å²) >= 11 is 1.62. The summed E-state index contributed by atoms with van der Waals surface area (Å²) in [7, 11) is 0. The van der Waals surface area contributed by atoms with Gasteiger partial charge in [-0.05, 0) is 32.0 Å². The first-order valence-electron chi connectivity index (χ1n) is 5.61. The number of hydrogen-bond donors (Lipinski definition) is 1. The van der Waals surface area contributed by atoms with Crippen molar-refractivity contribution >= 4 is 27.4 Å². The number of anilines is 1. The largest absolute Gasteiger partial charge is 0.383 e. The summed E-state index contributed by atoms with van der Waals surface area (Å²) in [4.78, 5) is 15.4. The molecule has 0 amide bonds. The van der Waals surface area contributed by atoms with Crippen molar-refractivity contribution in [1.82, 2.24) is 15.0 Å². The summed E-state index contributed by atoms with van der Waals surface area (Å²) < 4.78 is 0. The molecule has 90 valence electrons. The van der Waals surface area contributed by atoms with Crippen molar-refractivity contribution in [2.24, 2.45) is 0 Å². The number of hydrogen-bond acceptors (Lipinski definition) is 5. The van der Waals surface area contributed by atoms with Crippen molar-refractivity contribution in [3.8, 4) is 11.5 Å². The lowest BCUT2D eigenvalue weighted by Gasteiger charge is -2.02. The van der Waals surface area contributed by atoms with E-state index in [1.807, 2.05) is 38.1 Å². The molecule has 3 aromatic heterocycles. The molecule has 3 heterocycles. The molecule has 0 radical (unpaired) electrons. The van der Waals surface area contributed by atoms with E-state index in [0.29, 0.717) is 11.6 Å². The van der Waals surface area contributed by atoms with Gasteiger partial charge < -0.3 is 5.73 Å². The van der Waals surface area contributed by atoms with Gasteiger partial charge in [-0.15, -0.1) is 11.3 Å². The standard InChI is InChI=1S/C13H12N4S/c1-7-4-3-5-10(15-7)12-16-11(14)9-6-8(2)18-13(9)17-12/h3-6H,1-2H3,(H2,14,16,17). The minimum Gasteiger partial charge on any atom is -0.383 e. The van der Waals surface area contributed by atoms with E-state index in [2.05, 4.69) is 15.0 Å². The number of nitrogen functional groups attached to an aromatic ring is 1. The number of thiophene rings is 1. The van der Waals surface area contributed by atoms with Gasteiger partial charge in [0, 0.05) is 10.6 Å².